The monoisotopic (exact) mass is 645 g/mol. The fourth-order valence-corrected chi connectivity index (χ4v) is 8.67. The van der Waals surface area contributed by atoms with Crippen molar-refractivity contribution >= 4 is 51.2 Å². The summed E-state index contributed by atoms with van der Waals surface area (Å²) in [7, 11) is 0. The predicted octanol–water partition coefficient (Wildman–Crippen LogP) is 4.42. The van der Waals surface area contributed by atoms with Gasteiger partial charge < -0.3 is 15.0 Å². The number of piperidine rings is 1. The second-order valence-corrected chi connectivity index (χ2v) is 13.9. The Labute approximate surface area is 268 Å². The zero-order valence-electron chi connectivity index (χ0n) is 25.2. The van der Waals surface area contributed by atoms with E-state index >= 15 is 4.39 Å². The van der Waals surface area contributed by atoms with Crippen molar-refractivity contribution in [3.63, 3.8) is 0 Å². The zero-order valence-corrected chi connectivity index (χ0v) is 25.9. The number of anilines is 1. The number of rotatable bonds is 6. The number of fused-ring (bicyclic) bond motifs is 3. The molecule has 4 aromatic rings. The van der Waals surface area contributed by atoms with Gasteiger partial charge in [-0.05, 0) is 82.0 Å². The molecule has 1 spiro atoms. The molecule has 3 aromatic heterocycles. The Morgan fingerprint density at radius 2 is 1.85 bits per heavy atom. The molecule has 7 heterocycles. The van der Waals surface area contributed by atoms with Gasteiger partial charge in [0.15, 0.2) is 5.82 Å². The third kappa shape index (κ3) is 4.27. The molecule has 0 unspecified atom stereocenters. The van der Waals surface area contributed by atoms with Crippen molar-refractivity contribution in [1.82, 2.24) is 40.7 Å². The number of imide groups is 1. The first-order chi connectivity index (χ1) is 22.3. The van der Waals surface area contributed by atoms with E-state index in [4.69, 9.17) is 26.3 Å². The summed E-state index contributed by atoms with van der Waals surface area (Å²) in [6.07, 6.45) is 10.6. The number of halogens is 2. The third-order valence-electron chi connectivity index (χ3n) is 10.7. The van der Waals surface area contributed by atoms with E-state index in [2.05, 4.69) is 30.7 Å². The van der Waals surface area contributed by atoms with Crippen LogP contribution in [0.5, 0.6) is 6.01 Å². The second-order valence-electron chi connectivity index (χ2n) is 13.5. The number of H-pyrrole nitrogens is 1. The molecule has 14 heteroatoms. The van der Waals surface area contributed by atoms with Crippen LogP contribution in [0.2, 0.25) is 5.02 Å². The quantitative estimate of drug-likeness (QED) is 0.260. The molecule has 1 atom stereocenters. The lowest BCUT2D eigenvalue weighted by Gasteiger charge is -2.39. The predicted molar refractivity (Wildman–Crippen MR) is 168 cm³/mol. The Balaban J connectivity index is 1.19. The van der Waals surface area contributed by atoms with E-state index in [1.807, 2.05) is 11.0 Å². The summed E-state index contributed by atoms with van der Waals surface area (Å²) in [5.41, 5.74) is 1.26. The number of nitrogens with zero attached hydrogens (tertiary/aromatic N) is 6. The summed E-state index contributed by atoms with van der Waals surface area (Å²) in [5, 5.41) is 14.1. The van der Waals surface area contributed by atoms with Gasteiger partial charge in [0.05, 0.1) is 29.2 Å². The first-order valence-electron chi connectivity index (χ1n) is 16.1. The van der Waals surface area contributed by atoms with Gasteiger partial charge in [0.25, 0.3) is 5.91 Å². The number of urea groups is 1. The zero-order chi connectivity index (χ0) is 31.2. The maximum absolute atomic E-state index is 17.0. The number of aromatic amines is 1. The van der Waals surface area contributed by atoms with Crippen molar-refractivity contribution in [2.75, 3.05) is 37.7 Å². The molecule has 9 rings (SSSR count). The maximum Gasteiger partial charge on any atom is 0.322 e. The fourth-order valence-electron chi connectivity index (χ4n) is 8.31. The number of ether oxygens (including phenoxy) is 1. The smallest absolute Gasteiger partial charge is 0.322 e. The topological polar surface area (TPSA) is 141 Å². The number of carbonyl (C=O) groups excluding carboxylic acids is 2. The van der Waals surface area contributed by atoms with Crippen molar-refractivity contribution in [3.8, 4) is 17.3 Å². The van der Waals surface area contributed by atoms with Crippen LogP contribution in [0.4, 0.5) is 15.0 Å². The van der Waals surface area contributed by atoms with Gasteiger partial charge >= 0.3 is 12.0 Å². The van der Waals surface area contributed by atoms with Gasteiger partial charge in [0, 0.05) is 28.7 Å². The maximum atomic E-state index is 17.0. The van der Waals surface area contributed by atoms with Crippen LogP contribution in [0.3, 0.4) is 0 Å². The summed E-state index contributed by atoms with van der Waals surface area (Å²) in [4.78, 5) is 43.7. The van der Waals surface area contributed by atoms with Crippen LogP contribution in [-0.2, 0) is 4.79 Å². The van der Waals surface area contributed by atoms with Gasteiger partial charge in [-0.3, -0.25) is 25.1 Å². The van der Waals surface area contributed by atoms with E-state index in [0.29, 0.717) is 53.3 Å². The van der Waals surface area contributed by atoms with Crippen LogP contribution in [0.25, 0.3) is 33.1 Å². The molecule has 4 aliphatic heterocycles. The SMILES string of the molecule is O=C1NC(=O)[C@]2(CCCN(c3nc(OCC45CCCN4CCC5)nc4c(F)c(-c5c(C6CC6)c(Cl)cc6[nH]ncc56)ncc34)C2)N1. The van der Waals surface area contributed by atoms with Crippen molar-refractivity contribution in [2.24, 2.45) is 0 Å². The van der Waals surface area contributed by atoms with E-state index in [0.717, 1.165) is 62.6 Å². The molecular formula is C32H33ClFN9O3. The molecule has 3 amide bonds. The summed E-state index contributed by atoms with van der Waals surface area (Å²) >= 11 is 6.78. The molecular weight excluding hydrogens is 613 g/mol. The van der Waals surface area contributed by atoms with Crippen molar-refractivity contribution in [3.05, 3.63) is 34.9 Å². The average Bonchev–Trinajstić information content (AvgIpc) is 3.31. The van der Waals surface area contributed by atoms with Gasteiger partial charge in [-0.1, -0.05) is 11.6 Å². The summed E-state index contributed by atoms with van der Waals surface area (Å²) in [6, 6.07) is 1.40. The number of benzene rings is 1. The Morgan fingerprint density at radius 1 is 1.04 bits per heavy atom. The number of pyridine rings is 1. The number of carbonyl (C=O) groups is 2. The van der Waals surface area contributed by atoms with Crippen LogP contribution in [-0.4, -0.2) is 85.9 Å². The summed E-state index contributed by atoms with van der Waals surface area (Å²) in [5.74, 6) is -0.336. The summed E-state index contributed by atoms with van der Waals surface area (Å²) < 4.78 is 23.4. The molecule has 3 N–H and O–H groups in total. The molecule has 12 nitrogen and oxygen atoms in total. The van der Waals surface area contributed by atoms with Crippen molar-refractivity contribution in [1.29, 1.82) is 0 Å². The lowest BCUT2D eigenvalue weighted by atomic mass is 9.89. The van der Waals surface area contributed by atoms with Crippen molar-refractivity contribution in [2.45, 2.75) is 68.4 Å². The minimum Gasteiger partial charge on any atom is -0.461 e. The Hall–Kier alpha value is -4.10. The molecule has 5 aliphatic rings. The lowest BCUT2D eigenvalue weighted by Crippen LogP contribution is -2.58. The van der Waals surface area contributed by atoms with Crippen LogP contribution in [0.15, 0.2) is 18.5 Å². The van der Waals surface area contributed by atoms with E-state index < -0.39 is 17.4 Å². The number of aromatic nitrogens is 5. The van der Waals surface area contributed by atoms with Crippen LogP contribution >= 0.6 is 11.6 Å². The Kier molecular flexibility index (Phi) is 6.24. The summed E-state index contributed by atoms with van der Waals surface area (Å²) in [6.45, 7) is 3.23. The molecule has 1 saturated carbocycles. The normalized spacial score (nSPS) is 24.3. The molecule has 0 radical (unpaired) electrons. The fraction of sp³-hybridized carbons (Fsp3) is 0.500. The van der Waals surface area contributed by atoms with Gasteiger partial charge in [0.2, 0.25) is 0 Å². The van der Waals surface area contributed by atoms with Crippen molar-refractivity contribution < 1.29 is 18.7 Å². The standard InChI is InChI=1S/C32H33ClFN9O3/c33-20-12-21-18(14-36-41-21)23(22(20)17-4-5-17)26-24(34)25-19(13-35-26)27(42-9-3-8-32(15-42)28(44)39-29(45)40-32)38-30(37-25)46-16-31-6-1-10-43(31)11-2-7-31/h12-14,17H,1-11,15-16H2,(H,36,41)(H2,39,40,44,45)/t32-/m1/s1. The molecule has 46 heavy (non-hydrogen) atoms. The van der Waals surface area contributed by atoms with E-state index in [1.165, 1.54) is 0 Å². The Bertz CT molecular complexity index is 1940. The first kappa shape index (κ1) is 28.1. The highest BCUT2D eigenvalue weighted by molar-refractivity contribution is 6.33. The first-order valence-corrected chi connectivity index (χ1v) is 16.5. The van der Waals surface area contributed by atoms with E-state index in [-0.39, 0.29) is 41.1 Å². The van der Waals surface area contributed by atoms with E-state index in [9.17, 15) is 9.59 Å². The molecule has 0 bridgehead atoms. The van der Waals surface area contributed by atoms with Gasteiger partial charge in [-0.25, -0.2) is 9.18 Å². The van der Waals surface area contributed by atoms with Crippen LogP contribution in [0.1, 0.15) is 62.8 Å². The molecule has 1 aliphatic carbocycles. The molecule has 238 valence electrons. The van der Waals surface area contributed by atoms with Crippen LogP contribution in [0, 0.1) is 5.82 Å². The second kappa shape index (κ2) is 10.2. The number of nitrogens with one attached hydrogen (secondary N) is 3. The number of hydrogen-bond donors (Lipinski definition) is 3. The van der Waals surface area contributed by atoms with Gasteiger partial charge in [0.1, 0.15) is 29.2 Å². The number of amides is 3. The van der Waals surface area contributed by atoms with Gasteiger partial charge in [-0.2, -0.15) is 15.1 Å². The average molecular weight is 646 g/mol. The molecule has 1 aromatic carbocycles. The largest absolute Gasteiger partial charge is 0.461 e. The van der Waals surface area contributed by atoms with Crippen LogP contribution < -0.4 is 20.3 Å². The molecule has 5 fully saturated rings. The highest BCUT2D eigenvalue weighted by Gasteiger charge is 2.49. The van der Waals surface area contributed by atoms with Gasteiger partial charge in [-0.15, -0.1) is 0 Å². The highest BCUT2D eigenvalue weighted by Crippen LogP contribution is 2.50. The van der Waals surface area contributed by atoms with E-state index in [1.54, 1.807) is 12.4 Å². The number of hydrogen-bond acceptors (Lipinski definition) is 9. The minimum absolute atomic E-state index is 0.0608. The third-order valence-corrected chi connectivity index (χ3v) is 11.0. The lowest BCUT2D eigenvalue weighted by molar-refractivity contribution is -0.124. The molecule has 4 saturated heterocycles. The Morgan fingerprint density at radius 3 is 2.61 bits per heavy atom. The minimum atomic E-state index is -1.10. The highest BCUT2D eigenvalue weighted by atomic mass is 35.5.